The van der Waals surface area contributed by atoms with Crippen LogP contribution in [0.4, 0.5) is 10.1 Å². The summed E-state index contributed by atoms with van der Waals surface area (Å²) in [5.41, 5.74) is 4.08. The van der Waals surface area contributed by atoms with Crippen LogP contribution in [-0.2, 0) is 0 Å². The summed E-state index contributed by atoms with van der Waals surface area (Å²) in [6.45, 7) is 1.73. The Bertz CT molecular complexity index is 1370. The highest BCUT2D eigenvalue weighted by molar-refractivity contribution is 7.80. The number of carboxylic acids is 1. The maximum absolute atomic E-state index is 14.0. The second kappa shape index (κ2) is 8.72. The van der Waals surface area contributed by atoms with Crippen molar-refractivity contribution in [3.05, 3.63) is 114 Å². The molecular formula is C26H21FN4O2S. The van der Waals surface area contributed by atoms with Gasteiger partial charge in [-0.25, -0.2) is 9.18 Å². The number of benzene rings is 2. The summed E-state index contributed by atoms with van der Waals surface area (Å²) in [6, 6.07) is 20.8. The lowest BCUT2D eigenvalue weighted by Gasteiger charge is -2.29. The van der Waals surface area contributed by atoms with E-state index in [1.54, 1.807) is 49.5 Å². The van der Waals surface area contributed by atoms with Gasteiger partial charge >= 0.3 is 5.97 Å². The number of anilines is 1. The summed E-state index contributed by atoms with van der Waals surface area (Å²) in [7, 11) is 0. The van der Waals surface area contributed by atoms with E-state index in [9.17, 15) is 14.3 Å². The number of carbonyl (C=O) groups is 1. The van der Waals surface area contributed by atoms with Crippen molar-refractivity contribution < 1.29 is 14.3 Å². The molecule has 8 heteroatoms. The lowest BCUT2D eigenvalue weighted by Crippen LogP contribution is -2.30. The van der Waals surface area contributed by atoms with Crippen LogP contribution in [0.2, 0.25) is 0 Å². The first-order valence-electron chi connectivity index (χ1n) is 10.7. The molecule has 170 valence electrons. The summed E-state index contributed by atoms with van der Waals surface area (Å²) in [5.74, 6) is -1.25. The smallest absolute Gasteiger partial charge is 0.335 e. The first-order valence-corrected chi connectivity index (χ1v) is 11.1. The van der Waals surface area contributed by atoms with Gasteiger partial charge in [-0.1, -0.05) is 6.07 Å². The normalized spacial score (nSPS) is 17.6. The van der Waals surface area contributed by atoms with Crippen molar-refractivity contribution >= 4 is 29.0 Å². The summed E-state index contributed by atoms with van der Waals surface area (Å²) in [4.78, 5) is 17.8. The summed E-state index contributed by atoms with van der Waals surface area (Å²) in [5, 5.41) is 13.2. The molecule has 2 aromatic carbocycles. The molecular weight excluding hydrogens is 451 g/mol. The molecule has 1 saturated heterocycles. The van der Waals surface area contributed by atoms with E-state index in [0.717, 1.165) is 22.8 Å². The molecule has 0 radical (unpaired) electrons. The Balaban J connectivity index is 1.65. The third-order valence-corrected chi connectivity index (χ3v) is 6.31. The van der Waals surface area contributed by atoms with Crippen LogP contribution in [-0.4, -0.2) is 25.7 Å². The Morgan fingerprint density at radius 3 is 2.50 bits per heavy atom. The number of hydrogen-bond donors (Lipinski definition) is 2. The van der Waals surface area contributed by atoms with Crippen molar-refractivity contribution in [2.45, 2.75) is 19.0 Å². The molecule has 0 amide bonds. The third-order valence-electron chi connectivity index (χ3n) is 5.99. The quantitative estimate of drug-likeness (QED) is 0.390. The highest BCUT2D eigenvalue weighted by Gasteiger charge is 2.42. The van der Waals surface area contributed by atoms with E-state index in [1.807, 2.05) is 46.0 Å². The van der Waals surface area contributed by atoms with E-state index in [1.165, 1.54) is 6.07 Å². The lowest BCUT2D eigenvalue weighted by molar-refractivity contribution is 0.0697. The molecule has 6 nitrogen and oxygen atoms in total. The molecule has 0 bridgehead atoms. The predicted molar refractivity (Wildman–Crippen MR) is 132 cm³/mol. The molecule has 4 aromatic rings. The van der Waals surface area contributed by atoms with E-state index in [2.05, 4.69) is 10.3 Å². The number of aromatic carboxylic acids is 1. The van der Waals surface area contributed by atoms with Gasteiger partial charge < -0.3 is 19.9 Å². The van der Waals surface area contributed by atoms with Gasteiger partial charge in [0, 0.05) is 29.5 Å². The fraction of sp³-hybridized carbons (Fsp3) is 0.115. The molecule has 5 rings (SSSR count). The van der Waals surface area contributed by atoms with Crippen LogP contribution in [0.1, 0.15) is 39.4 Å². The molecule has 1 fully saturated rings. The first kappa shape index (κ1) is 21.8. The van der Waals surface area contributed by atoms with Crippen molar-refractivity contribution in [3.63, 3.8) is 0 Å². The Labute approximate surface area is 201 Å². The number of halogens is 1. The molecule has 0 unspecified atom stereocenters. The molecule has 3 heterocycles. The zero-order chi connectivity index (χ0) is 23.8. The molecule has 2 atom stereocenters. The van der Waals surface area contributed by atoms with E-state index in [0.29, 0.717) is 10.7 Å². The maximum Gasteiger partial charge on any atom is 0.335 e. The van der Waals surface area contributed by atoms with Gasteiger partial charge in [0.05, 0.1) is 17.3 Å². The van der Waals surface area contributed by atoms with Crippen molar-refractivity contribution in [1.29, 1.82) is 0 Å². The van der Waals surface area contributed by atoms with Gasteiger partial charge in [0.25, 0.3) is 0 Å². The minimum absolute atomic E-state index is 0.218. The number of nitrogens with zero attached hydrogens (tertiary/aromatic N) is 3. The number of aromatic nitrogens is 2. The Kier molecular flexibility index (Phi) is 5.59. The Morgan fingerprint density at radius 2 is 1.82 bits per heavy atom. The predicted octanol–water partition coefficient (Wildman–Crippen LogP) is 5.20. The topological polar surface area (TPSA) is 70.4 Å². The highest BCUT2D eigenvalue weighted by atomic mass is 32.1. The number of pyridine rings is 1. The summed E-state index contributed by atoms with van der Waals surface area (Å²) < 4.78 is 16.1. The van der Waals surface area contributed by atoms with Crippen LogP contribution in [0.5, 0.6) is 0 Å². The van der Waals surface area contributed by atoms with Crippen LogP contribution >= 0.6 is 12.2 Å². The van der Waals surface area contributed by atoms with E-state index >= 15 is 0 Å². The SMILES string of the molecule is Cc1cc(N2C(=S)N[C@@H](c3ccccn3)[C@@H]2c2cccn2-c2ccc(C(=O)O)cc2)ccc1F. The van der Waals surface area contributed by atoms with Crippen LogP contribution in [0.3, 0.4) is 0 Å². The van der Waals surface area contributed by atoms with Gasteiger partial charge in [0.15, 0.2) is 5.11 Å². The van der Waals surface area contributed by atoms with Gasteiger partial charge in [0.1, 0.15) is 11.9 Å². The van der Waals surface area contributed by atoms with E-state index in [4.69, 9.17) is 12.2 Å². The molecule has 1 aliphatic heterocycles. The van der Waals surface area contributed by atoms with Crippen LogP contribution in [0, 0.1) is 12.7 Å². The van der Waals surface area contributed by atoms with Crippen LogP contribution in [0.15, 0.2) is 85.2 Å². The lowest BCUT2D eigenvalue weighted by atomic mass is 10.0. The average molecular weight is 473 g/mol. The second-order valence-corrected chi connectivity index (χ2v) is 8.47. The maximum atomic E-state index is 14.0. The number of aryl methyl sites for hydroxylation is 1. The standard InChI is InChI=1S/C26H21FN4O2S/c1-16-15-19(11-12-20(16)27)31-24(23(29-26(31)34)21-5-2-3-13-28-21)22-6-4-14-30(22)18-9-7-17(8-10-18)25(32)33/h2-15,23-24H,1H3,(H,29,34)(H,32,33)/t23-,24-/m0/s1. The van der Waals surface area contributed by atoms with Gasteiger partial charge in [-0.15, -0.1) is 0 Å². The van der Waals surface area contributed by atoms with Gasteiger partial charge in [-0.05, 0) is 91.4 Å². The Hall–Kier alpha value is -4.04. The van der Waals surface area contributed by atoms with Crippen molar-refractivity contribution in [3.8, 4) is 5.69 Å². The van der Waals surface area contributed by atoms with E-state index in [-0.39, 0.29) is 23.5 Å². The van der Waals surface area contributed by atoms with Crippen molar-refractivity contribution in [1.82, 2.24) is 14.9 Å². The number of nitrogens with one attached hydrogen (secondary N) is 1. The summed E-state index contributed by atoms with van der Waals surface area (Å²) in [6.07, 6.45) is 3.67. The van der Waals surface area contributed by atoms with Gasteiger partial charge in [-0.3, -0.25) is 4.98 Å². The van der Waals surface area contributed by atoms with Gasteiger partial charge in [-0.2, -0.15) is 0 Å². The second-order valence-electron chi connectivity index (χ2n) is 8.09. The number of hydrogen-bond acceptors (Lipinski definition) is 3. The Morgan fingerprint density at radius 1 is 1.06 bits per heavy atom. The van der Waals surface area contributed by atoms with Gasteiger partial charge in [0.2, 0.25) is 0 Å². The molecule has 34 heavy (non-hydrogen) atoms. The van der Waals surface area contributed by atoms with Crippen molar-refractivity contribution in [2.75, 3.05) is 4.90 Å². The fourth-order valence-corrected chi connectivity index (χ4v) is 4.69. The zero-order valence-electron chi connectivity index (χ0n) is 18.2. The van der Waals surface area contributed by atoms with Crippen molar-refractivity contribution in [2.24, 2.45) is 0 Å². The van der Waals surface area contributed by atoms with Crippen LogP contribution in [0.25, 0.3) is 5.69 Å². The monoisotopic (exact) mass is 472 g/mol. The minimum atomic E-state index is -0.974. The highest BCUT2D eigenvalue weighted by Crippen LogP contribution is 2.42. The molecule has 2 aromatic heterocycles. The van der Waals surface area contributed by atoms with Crippen LogP contribution < -0.4 is 10.2 Å². The number of thiocarbonyl (C=S) groups is 1. The minimum Gasteiger partial charge on any atom is -0.478 e. The molecule has 1 aliphatic rings. The summed E-state index contributed by atoms with van der Waals surface area (Å²) >= 11 is 5.75. The molecule has 2 N–H and O–H groups in total. The fourth-order valence-electron chi connectivity index (χ4n) is 4.35. The zero-order valence-corrected chi connectivity index (χ0v) is 19.0. The van der Waals surface area contributed by atoms with E-state index < -0.39 is 5.97 Å². The number of carboxylic acid groups (broad SMARTS) is 1. The number of rotatable bonds is 5. The first-order chi connectivity index (χ1) is 16.4. The molecule has 0 saturated carbocycles. The molecule has 0 aliphatic carbocycles. The average Bonchev–Trinajstić information content (AvgIpc) is 3.46. The third kappa shape index (κ3) is 3.82. The largest absolute Gasteiger partial charge is 0.478 e. The molecule has 0 spiro atoms.